The van der Waals surface area contributed by atoms with E-state index in [0.717, 1.165) is 6.34 Å². The Hall–Kier alpha value is -3.53. The molecule has 0 bridgehead atoms. The van der Waals surface area contributed by atoms with Crippen LogP contribution < -0.4 is 15.1 Å². The Morgan fingerprint density at radius 3 is 2.83 bits per heavy atom. The zero-order valence-corrected chi connectivity index (χ0v) is 15.4. The molecule has 1 fully saturated rings. The first-order valence-corrected chi connectivity index (χ1v) is 8.86. The highest BCUT2D eigenvalue weighted by Crippen LogP contribution is 2.29. The van der Waals surface area contributed by atoms with Crippen molar-refractivity contribution in [2.24, 2.45) is 0 Å². The van der Waals surface area contributed by atoms with Crippen LogP contribution in [-0.2, 0) is 9.53 Å². The second-order valence-corrected chi connectivity index (χ2v) is 6.26. The van der Waals surface area contributed by atoms with Gasteiger partial charge in [0.25, 0.3) is 0 Å². The van der Waals surface area contributed by atoms with Crippen LogP contribution in [0.15, 0.2) is 36.5 Å². The minimum absolute atomic E-state index is 0.156. The van der Waals surface area contributed by atoms with E-state index in [2.05, 4.69) is 10.3 Å². The number of nitrogens with zero attached hydrogens (tertiary/aromatic N) is 3. The number of hydrogen-bond donors (Lipinski definition) is 3. The average molecular weight is 401 g/mol. The summed E-state index contributed by atoms with van der Waals surface area (Å²) in [5.41, 5.74) is 1.18. The Morgan fingerprint density at radius 1 is 1.41 bits per heavy atom. The number of ether oxygens (including phenoxy) is 1. The number of hydrogen-bond acceptors (Lipinski definition) is 6. The lowest BCUT2D eigenvalue weighted by Crippen LogP contribution is -2.30. The normalized spacial score (nSPS) is 15.7. The van der Waals surface area contributed by atoms with E-state index in [0.29, 0.717) is 42.1 Å². The van der Waals surface area contributed by atoms with Crippen LogP contribution in [0.3, 0.4) is 0 Å². The summed E-state index contributed by atoms with van der Waals surface area (Å²) in [6, 6.07) is 7.71. The van der Waals surface area contributed by atoms with Gasteiger partial charge in [0.05, 0.1) is 25.2 Å². The molecule has 3 rings (SSSR count). The topological polar surface area (TPSA) is 119 Å². The van der Waals surface area contributed by atoms with E-state index in [1.807, 2.05) is 0 Å². The minimum atomic E-state index is -0.627. The van der Waals surface area contributed by atoms with E-state index in [9.17, 15) is 14.0 Å². The molecule has 0 aliphatic carbocycles. The van der Waals surface area contributed by atoms with Gasteiger partial charge in [-0.1, -0.05) is 0 Å². The van der Waals surface area contributed by atoms with E-state index in [4.69, 9.17) is 15.3 Å². The van der Waals surface area contributed by atoms with Crippen molar-refractivity contribution in [2.45, 2.75) is 6.10 Å². The number of nitrogens with one attached hydrogen (secondary N) is 2. The number of benzene rings is 1. The molecule has 1 unspecified atom stereocenters. The Labute approximate surface area is 166 Å². The summed E-state index contributed by atoms with van der Waals surface area (Å²) < 4.78 is 19.7. The van der Waals surface area contributed by atoms with Gasteiger partial charge in [-0.15, -0.1) is 0 Å². The largest absolute Gasteiger partial charge is 0.441 e. The van der Waals surface area contributed by atoms with Crippen LogP contribution in [0.1, 0.15) is 0 Å². The average Bonchev–Trinajstić information content (AvgIpc) is 3.12. The van der Waals surface area contributed by atoms with Crippen molar-refractivity contribution in [1.82, 2.24) is 10.3 Å². The first-order chi connectivity index (χ1) is 14.1. The first-order valence-electron chi connectivity index (χ1n) is 8.86. The highest BCUT2D eigenvalue weighted by atomic mass is 19.1. The lowest BCUT2D eigenvalue weighted by Gasteiger charge is -2.18. The van der Waals surface area contributed by atoms with Crippen LogP contribution in [0.2, 0.25) is 0 Å². The number of pyridine rings is 1. The van der Waals surface area contributed by atoms with Gasteiger partial charge in [-0.25, -0.2) is 14.2 Å². The van der Waals surface area contributed by atoms with Crippen LogP contribution in [0.5, 0.6) is 0 Å². The minimum Gasteiger partial charge on any atom is -0.441 e. The van der Waals surface area contributed by atoms with Crippen LogP contribution in [-0.4, -0.2) is 61.3 Å². The second-order valence-electron chi connectivity index (χ2n) is 6.26. The number of cyclic esters (lactones) is 1. The molecule has 3 N–H and O–H groups in total. The number of amides is 2. The van der Waals surface area contributed by atoms with E-state index < -0.39 is 18.0 Å². The molecule has 1 aliphatic rings. The number of aromatic nitrogens is 1. The number of anilines is 2. The summed E-state index contributed by atoms with van der Waals surface area (Å²) in [7, 11) is 0. The summed E-state index contributed by atoms with van der Waals surface area (Å²) in [6.45, 7) is 0.592. The van der Waals surface area contributed by atoms with Crippen molar-refractivity contribution in [3.63, 3.8) is 0 Å². The first kappa shape index (κ1) is 20.2. The van der Waals surface area contributed by atoms with Gasteiger partial charge in [-0.3, -0.25) is 15.1 Å². The third-order valence-corrected chi connectivity index (χ3v) is 4.43. The molecule has 1 aliphatic heterocycles. The molecule has 2 amide bonds. The Morgan fingerprint density at radius 2 is 2.24 bits per heavy atom. The van der Waals surface area contributed by atoms with Gasteiger partial charge in [0.1, 0.15) is 17.7 Å². The fraction of sp³-hybridized carbons (Fsp3) is 0.263. The molecule has 1 atom stereocenters. The molecule has 10 heteroatoms. The number of carbonyl (C=O) groups excluding carboxylic acids is 2. The lowest BCUT2D eigenvalue weighted by molar-refractivity contribution is -0.109. The number of rotatable bonds is 9. The van der Waals surface area contributed by atoms with Gasteiger partial charge in [-0.05, 0) is 30.3 Å². The number of carbonyl (C=O) groups is 2. The summed E-state index contributed by atoms with van der Waals surface area (Å²) in [6.07, 6.45) is 1.91. The molecule has 1 aromatic heterocycles. The molecule has 152 valence electrons. The fourth-order valence-corrected chi connectivity index (χ4v) is 2.94. The van der Waals surface area contributed by atoms with Crippen molar-refractivity contribution in [2.75, 3.05) is 36.0 Å². The van der Waals surface area contributed by atoms with Crippen molar-refractivity contribution >= 4 is 30.3 Å². The summed E-state index contributed by atoms with van der Waals surface area (Å²) >= 11 is 0. The number of halogens is 1. The summed E-state index contributed by atoms with van der Waals surface area (Å²) in [4.78, 5) is 29.2. The SMILES string of the molecule is N=CN(CCNC=O)c1ccc(-c2ccc(N3CC(CO)OC3=O)cc2F)cn1. The summed E-state index contributed by atoms with van der Waals surface area (Å²) in [5.74, 6) is -0.0419. The third-order valence-electron chi connectivity index (χ3n) is 4.43. The maximum absolute atomic E-state index is 14.7. The summed E-state index contributed by atoms with van der Waals surface area (Å²) in [5, 5.41) is 19.1. The number of aliphatic hydroxyl groups excluding tert-OH is 1. The predicted octanol–water partition coefficient (Wildman–Crippen LogP) is 1.36. The van der Waals surface area contributed by atoms with Gasteiger partial charge < -0.3 is 20.1 Å². The molecule has 9 nitrogen and oxygen atoms in total. The smallest absolute Gasteiger partial charge is 0.414 e. The van der Waals surface area contributed by atoms with Crippen molar-refractivity contribution in [1.29, 1.82) is 5.41 Å². The molecular formula is C19H20FN5O4. The van der Waals surface area contributed by atoms with Crippen molar-refractivity contribution in [3.05, 3.63) is 42.3 Å². The van der Waals surface area contributed by atoms with Crippen LogP contribution in [0.25, 0.3) is 11.1 Å². The Bertz CT molecular complexity index is 893. The molecule has 29 heavy (non-hydrogen) atoms. The quantitative estimate of drug-likeness (QED) is 0.253. The number of aliphatic hydroxyl groups is 1. The van der Waals surface area contributed by atoms with Gasteiger partial charge in [-0.2, -0.15) is 0 Å². The molecule has 0 spiro atoms. The molecule has 0 radical (unpaired) electrons. The maximum atomic E-state index is 14.7. The Balaban J connectivity index is 1.76. The predicted molar refractivity (Wildman–Crippen MR) is 105 cm³/mol. The molecule has 0 saturated carbocycles. The van der Waals surface area contributed by atoms with Crippen LogP contribution in [0, 0.1) is 11.2 Å². The van der Waals surface area contributed by atoms with Crippen LogP contribution in [0.4, 0.5) is 20.7 Å². The standard InChI is InChI=1S/C19H20FN5O4/c20-17-7-14(25-9-15(10-26)29-19(25)28)2-3-16(17)13-1-4-18(23-8-13)24(11-21)6-5-22-12-27/h1-4,7-8,11-12,15,21,26H,5-6,9-10H2,(H,22,27). The molecule has 1 saturated heterocycles. The van der Waals surface area contributed by atoms with Gasteiger partial charge in [0, 0.05) is 30.4 Å². The monoisotopic (exact) mass is 401 g/mol. The van der Waals surface area contributed by atoms with E-state index in [1.165, 1.54) is 22.1 Å². The highest BCUT2D eigenvalue weighted by molar-refractivity contribution is 5.90. The zero-order valence-electron chi connectivity index (χ0n) is 15.4. The van der Waals surface area contributed by atoms with Crippen molar-refractivity contribution in [3.8, 4) is 11.1 Å². The van der Waals surface area contributed by atoms with E-state index >= 15 is 0 Å². The van der Waals surface area contributed by atoms with E-state index in [-0.39, 0.29) is 13.2 Å². The van der Waals surface area contributed by atoms with Gasteiger partial charge in [0.15, 0.2) is 0 Å². The molecule has 2 aromatic rings. The van der Waals surface area contributed by atoms with Gasteiger partial charge >= 0.3 is 6.09 Å². The highest BCUT2D eigenvalue weighted by Gasteiger charge is 2.32. The third kappa shape index (κ3) is 4.49. The van der Waals surface area contributed by atoms with Gasteiger partial charge in [0.2, 0.25) is 6.41 Å². The molecule has 1 aromatic carbocycles. The zero-order chi connectivity index (χ0) is 20.8. The van der Waals surface area contributed by atoms with Crippen LogP contribution >= 0.6 is 0 Å². The van der Waals surface area contributed by atoms with Crippen molar-refractivity contribution < 1.29 is 23.8 Å². The lowest BCUT2D eigenvalue weighted by atomic mass is 10.1. The molecular weight excluding hydrogens is 381 g/mol. The Kier molecular flexibility index (Phi) is 6.35. The fourth-order valence-electron chi connectivity index (χ4n) is 2.94. The molecule has 2 heterocycles. The maximum Gasteiger partial charge on any atom is 0.414 e. The second kappa shape index (κ2) is 9.11. The van der Waals surface area contributed by atoms with E-state index in [1.54, 1.807) is 24.3 Å².